The number of aromatic nitrogens is 1. The molecule has 8 nitrogen and oxygen atoms in total. The standard InChI is InChI=1S/C28H33F2N3O5S2/c1-6-25(32-39(36)28(2,3)4)21-15-26(34)33(5)16-23(21)20-13-18(11-12-31-40(37)38)24(30)14-22(20)27(35)17-7-9-19(29)10-8-17/h7-10,13-16,25,31-32H,6,11-12H2,1-5H3,(H,37,38)/p-1/t25-,39?/m0/s1. The normalized spacial score (nSPS) is 14.1. The molecule has 0 saturated heterocycles. The van der Waals surface area contributed by atoms with Gasteiger partial charge >= 0.3 is 0 Å². The molecule has 0 spiro atoms. The van der Waals surface area contributed by atoms with Gasteiger partial charge in [0.25, 0.3) is 5.56 Å². The average molecular weight is 593 g/mol. The zero-order valence-corrected chi connectivity index (χ0v) is 24.5. The van der Waals surface area contributed by atoms with Crippen LogP contribution in [0.15, 0.2) is 53.5 Å². The number of carbonyl (C=O) groups is 1. The number of benzene rings is 2. The number of nitrogens with zero attached hydrogens (tertiary/aromatic N) is 1. The lowest BCUT2D eigenvalue weighted by molar-refractivity contribution is 0.103. The third kappa shape index (κ3) is 7.64. The van der Waals surface area contributed by atoms with Gasteiger partial charge in [0.05, 0.1) is 15.7 Å². The Bertz CT molecular complexity index is 1500. The van der Waals surface area contributed by atoms with Crippen LogP contribution in [-0.4, -0.2) is 34.6 Å². The Balaban J connectivity index is 2.28. The molecular formula is C28H32F2N3O5S2-. The summed E-state index contributed by atoms with van der Waals surface area (Å²) in [5.41, 5.74) is 1.09. The summed E-state index contributed by atoms with van der Waals surface area (Å²) in [6.07, 6.45) is 1.96. The molecule has 216 valence electrons. The second kappa shape index (κ2) is 13.2. The largest absolute Gasteiger partial charge is 0.760 e. The van der Waals surface area contributed by atoms with E-state index in [0.717, 1.165) is 18.2 Å². The molecule has 1 aromatic heterocycles. The van der Waals surface area contributed by atoms with E-state index in [4.69, 9.17) is 0 Å². The number of aryl methyl sites for hydroxylation is 1. The minimum atomic E-state index is -2.54. The molecule has 0 amide bonds. The number of nitrogens with one attached hydrogen (secondary N) is 2. The summed E-state index contributed by atoms with van der Waals surface area (Å²) >= 11 is -2.54. The van der Waals surface area contributed by atoms with E-state index in [-0.39, 0.29) is 35.2 Å². The van der Waals surface area contributed by atoms with Gasteiger partial charge < -0.3 is 9.12 Å². The predicted molar refractivity (Wildman–Crippen MR) is 152 cm³/mol. The second-order valence-electron chi connectivity index (χ2n) is 10.3. The number of ketones is 1. The van der Waals surface area contributed by atoms with Gasteiger partial charge in [-0.1, -0.05) is 6.92 Å². The van der Waals surface area contributed by atoms with Crippen molar-refractivity contribution in [3.05, 3.63) is 92.9 Å². The molecule has 40 heavy (non-hydrogen) atoms. The number of hydrogen-bond acceptors (Lipinski definition) is 5. The summed E-state index contributed by atoms with van der Waals surface area (Å²) in [6, 6.07) is 8.21. The third-order valence-electron chi connectivity index (χ3n) is 6.29. The van der Waals surface area contributed by atoms with E-state index in [1.165, 1.54) is 42.1 Å². The summed E-state index contributed by atoms with van der Waals surface area (Å²) < 4.78 is 69.7. The van der Waals surface area contributed by atoms with Crippen molar-refractivity contribution in [2.24, 2.45) is 7.05 Å². The molecule has 2 aromatic carbocycles. The Morgan fingerprint density at radius 1 is 1.07 bits per heavy atom. The molecule has 3 aromatic rings. The van der Waals surface area contributed by atoms with E-state index in [1.807, 2.05) is 27.7 Å². The Labute approximate surface area is 237 Å². The Morgan fingerprint density at radius 2 is 1.73 bits per heavy atom. The maximum absolute atomic E-state index is 15.3. The summed E-state index contributed by atoms with van der Waals surface area (Å²) in [7, 11) is 0.0430. The SMILES string of the molecule is CC[C@H](NS(=O)C(C)(C)C)c1cc(=O)n(C)cc1-c1cc(CCNS(=O)[O-])c(F)cc1C(=O)c1ccc(F)cc1. The molecule has 2 unspecified atom stereocenters. The van der Waals surface area contributed by atoms with Crippen molar-refractivity contribution in [2.75, 3.05) is 6.54 Å². The van der Waals surface area contributed by atoms with Crippen molar-refractivity contribution < 1.29 is 26.5 Å². The lowest BCUT2D eigenvalue weighted by atomic mass is 9.88. The first-order chi connectivity index (χ1) is 18.7. The minimum Gasteiger partial charge on any atom is -0.760 e. The predicted octanol–water partition coefficient (Wildman–Crippen LogP) is 3.99. The fourth-order valence-corrected chi connectivity index (χ4v) is 5.25. The minimum absolute atomic E-state index is 0.0115. The molecule has 0 aliphatic heterocycles. The van der Waals surface area contributed by atoms with Crippen molar-refractivity contribution in [3.8, 4) is 11.1 Å². The van der Waals surface area contributed by atoms with E-state index in [2.05, 4.69) is 9.44 Å². The van der Waals surface area contributed by atoms with E-state index in [9.17, 15) is 27.0 Å². The number of pyridine rings is 1. The molecule has 0 saturated carbocycles. The van der Waals surface area contributed by atoms with Crippen LogP contribution in [0.3, 0.4) is 0 Å². The van der Waals surface area contributed by atoms with Crippen LogP contribution in [-0.2, 0) is 35.7 Å². The topological polar surface area (TPSA) is 120 Å². The van der Waals surface area contributed by atoms with E-state index < -0.39 is 50.5 Å². The van der Waals surface area contributed by atoms with Gasteiger partial charge in [-0.3, -0.25) is 13.8 Å². The quantitative estimate of drug-likeness (QED) is 0.258. The zero-order valence-electron chi connectivity index (χ0n) is 22.9. The Kier molecular flexibility index (Phi) is 10.4. The van der Waals surface area contributed by atoms with Crippen LogP contribution in [0.5, 0.6) is 0 Å². The molecule has 0 fully saturated rings. The monoisotopic (exact) mass is 592 g/mol. The van der Waals surface area contributed by atoms with Gasteiger partial charge in [-0.15, -0.1) is 0 Å². The van der Waals surface area contributed by atoms with Crippen LogP contribution >= 0.6 is 0 Å². The van der Waals surface area contributed by atoms with Crippen LogP contribution < -0.4 is 15.0 Å². The van der Waals surface area contributed by atoms with Crippen molar-refractivity contribution >= 4 is 28.0 Å². The lowest BCUT2D eigenvalue weighted by Gasteiger charge is -2.26. The highest BCUT2D eigenvalue weighted by Crippen LogP contribution is 2.35. The maximum Gasteiger partial charge on any atom is 0.250 e. The van der Waals surface area contributed by atoms with Crippen LogP contribution in [0.25, 0.3) is 11.1 Å². The van der Waals surface area contributed by atoms with E-state index in [1.54, 1.807) is 0 Å². The Hall–Kier alpha value is -2.90. The van der Waals surface area contributed by atoms with Crippen LogP contribution in [0.1, 0.15) is 67.2 Å². The molecule has 0 aliphatic carbocycles. The molecule has 2 N–H and O–H groups in total. The highest BCUT2D eigenvalue weighted by Gasteiger charge is 2.27. The van der Waals surface area contributed by atoms with Crippen molar-refractivity contribution in [1.82, 2.24) is 14.0 Å². The number of hydrogen-bond donors (Lipinski definition) is 2. The van der Waals surface area contributed by atoms with Crippen LogP contribution in [0, 0.1) is 11.6 Å². The number of rotatable bonds is 11. The highest BCUT2D eigenvalue weighted by atomic mass is 32.2. The molecule has 12 heteroatoms. The van der Waals surface area contributed by atoms with Crippen LogP contribution in [0.2, 0.25) is 0 Å². The first kappa shape index (κ1) is 31.6. The fraction of sp³-hybridized carbons (Fsp3) is 0.357. The average Bonchev–Trinajstić information content (AvgIpc) is 2.88. The fourth-order valence-electron chi connectivity index (χ4n) is 4.08. The van der Waals surface area contributed by atoms with Gasteiger partial charge in [-0.05, 0) is 86.7 Å². The smallest absolute Gasteiger partial charge is 0.250 e. The second-order valence-corrected chi connectivity index (χ2v) is 13.0. The first-order valence-electron chi connectivity index (χ1n) is 12.6. The molecule has 0 bridgehead atoms. The summed E-state index contributed by atoms with van der Waals surface area (Å²) in [5, 5.41) is 0. The molecule has 0 radical (unpaired) electrons. The summed E-state index contributed by atoms with van der Waals surface area (Å²) in [4.78, 5) is 26.4. The van der Waals surface area contributed by atoms with E-state index in [0.29, 0.717) is 23.1 Å². The van der Waals surface area contributed by atoms with Gasteiger partial charge in [-0.25, -0.2) is 22.4 Å². The van der Waals surface area contributed by atoms with Crippen molar-refractivity contribution in [1.29, 1.82) is 0 Å². The Morgan fingerprint density at radius 3 is 2.30 bits per heavy atom. The summed E-state index contributed by atoms with van der Waals surface area (Å²) in [5.74, 6) is -1.83. The molecule has 1 heterocycles. The molecule has 3 atom stereocenters. The molecular weight excluding hydrogens is 560 g/mol. The van der Waals surface area contributed by atoms with Gasteiger partial charge in [-0.2, -0.15) is 0 Å². The third-order valence-corrected chi connectivity index (χ3v) is 8.34. The van der Waals surface area contributed by atoms with Crippen molar-refractivity contribution in [2.45, 2.75) is 51.3 Å². The first-order valence-corrected chi connectivity index (χ1v) is 14.8. The number of halogens is 2. The van der Waals surface area contributed by atoms with Crippen molar-refractivity contribution in [3.63, 3.8) is 0 Å². The summed E-state index contributed by atoms with van der Waals surface area (Å²) in [6.45, 7) is 7.20. The lowest BCUT2D eigenvalue weighted by Crippen LogP contribution is -2.36. The maximum atomic E-state index is 15.3. The number of carbonyl (C=O) groups excluding carboxylic acids is 1. The molecule has 0 aliphatic rings. The highest BCUT2D eigenvalue weighted by molar-refractivity contribution is 7.84. The van der Waals surface area contributed by atoms with Gasteiger partial charge in [0, 0.05) is 59.9 Å². The van der Waals surface area contributed by atoms with Gasteiger partial charge in [0.2, 0.25) is 0 Å². The van der Waals surface area contributed by atoms with Gasteiger partial charge in [0.1, 0.15) is 11.6 Å². The van der Waals surface area contributed by atoms with Gasteiger partial charge in [0.15, 0.2) is 5.78 Å². The molecule has 3 rings (SSSR count). The van der Waals surface area contributed by atoms with E-state index >= 15 is 4.39 Å². The van der Waals surface area contributed by atoms with Crippen LogP contribution in [0.4, 0.5) is 8.78 Å². The zero-order chi connectivity index (χ0) is 29.8.